The Morgan fingerprint density at radius 1 is 1.67 bits per heavy atom. The minimum absolute atomic E-state index is 0.123. The molecule has 0 saturated heterocycles. The lowest BCUT2D eigenvalue weighted by Gasteiger charge is -2.05. The van der Waals surface area contributed by atoms with E-state index in [-0.39, 0.29) is 12.4 Å². The van der Waals surface area contributed by atoms with Crippen molar-refractivity contribution in [2.75, 3.05) is 12.4 Å². The molecule has 0 aliphatic rings. The third-order valence-corrected chi connectivity index (χ3v) is 2.53. The summed E-state index contributed by atoms with van der Waals surface area (Å²) >= 11 is 1.20. The Bertz CT molecular complexity index is 347. The Balaban J connectivity index is 2.62. The van der Waals surface area contributed by atoms with Crippen molar-refractivity contribution in [2.45, 2.75) is 11.3 Å². The van der Waals surface area contributed by atoms with E-state index in [1.54, 1.807) is 0 Å². The van der Waals surface area contributed by atoms with Gasteiger partial charge in [0, 0.05) is 11.9 Å². The first kappa shape index (κ1) is 11.9. The molecule has 0 spiro atoms. The topological polar surface area (TPSA) is 116 Å². The molecule has 7 heteroatoms. The fraction of sp³-hybridized carbons (Fsp3) is 0.375. The van der Waals surface area contributed by atoms with Crippen LogP contribution in [0.2, 0.25) is 0 Å². The molecular formula is C8H12N4O2S. The highest BCUT2D eigenvalue weighted by molar-refractivity contribution is 7.99. The van der Waals surface area contributed by atoms with E-state index in [4.69, 9.17) is 21.4 Å². The van der Waals surface area contributed by atoms with Gasteiger partial charge in [0.25, 0.3) is 0 Å². The molecule has 0 bridgehead atoms. The smallest absolute Gasteiger partial charge is 0.188 e. The molecule has 15 heavy (non-hydrogen) atoms. The molecular weight excluding hydrogens is 216 g/mol. The molecule has 0 aliphatic heterocycles. The first-order valence-electron chi connectivity index (χ1n) is 4.22. The van der Waals surface area contributed by atoms with Crippen LogP contribution in [0.15, 0.2) is 17.4 Å². The molecule has 0 aromatic carbocycles. The first-order valence-corrected chi connectivity index (χ1v) is 5.21. The Labute approximate surface area is 91.1 Å². The zero-order valence-corrected chi connectivity index (χ0v) is 8.74. The number of nitrogens with one attached hydrogen (secondary N) is 1. The summed E-state index contributed by atoms with van der Waals surface area (Å²) in [5.41, 5.74) is 5.61. The van der Waals surface area contributed by atoms with E-state index in [1.807, 2.05) is 0 Å². The van der Waals surface area contributed by atoms with Crippen molar-refractivity contribution in [1.82, 2.24) is 9.97 Å². The quantitative estimate of drug-likeness (QED) is 0.227. The van der Waals surface area contributed by atoms with Crippen LogP contribution in [-0.2, 0) is 0 Å². The van der Waals surface area contributed by atoms with Crippen LogP contribution in [0, 0.1) is 5.41 Å². The van der Waals surface area contributed by atoms with Crippen molar-refractivity contribution in [3.63, 3.8) is 0 Å². The third-order valence-electron chi connectivity index (χ3n) is 1.52. The molecule has 0 radical (unpaired) electrons. The van der Waals surface area contributed by atoms with E-state index in [1.165, 1.54) is 24.0 Å². The van der Waals surface area contributed by atoms with Gasteiger partial charge in [-0.25, -0.2) is 9.97 Å². The van der Waals surface area contributed by atoms with E-state index in [9.17, 15) is 0 Å². The molecule has 0 aliphatic carbocycles. The lowest BCUT2D eigenvalue weighted by molar-refractivity contribution is 0.113. The Morgan fingerprint density at radius 3 is 3.00 bits per heavy atom. The average molecular weight is 228 g/mol. The molecule has 1 unspecified atom stereocenters. The summed E-state index contributed by atoms with van der Waals surface area (Å²) in [7, 11) is 0. The van der Waals surface area contributed by atoms with E-state index in [0.29, 0.717) is 16.6 Å². The summed E-state index contributed by atoms with van der Waals surface area (Å²) in [5.74, 6) is 0.180. The molecule has 1 heterocycles. The average Bonchev–Trinajstić information content (AvgIpc) is 2.26. The van der Waals surface area contributed by atoms with E-state index >= 15 is 0 Å². The lowest BCUT2D eigenvalue weighted by Crippen LogP contribution is -2.16. The molecule has 0 saturated carbocycles. The first-order chi connectivity index (χ1) is 7.13. The maximum absolute atomic E-state index is 9.10. The second-order valence-electron chi connectivity index (χ2n) is 2.79. The van der Waals surface area contributed by atoms with E-state index < -0.39 is 6.10 Å². The van der Waals surface area contributed by atoms with Gasteiger partial charge in [0.05, 0.1) is 12.7 Å². The molecule has 1 rings (SSSR count). The van der Waals surface area contributed by atoms with Crippen molar-refractivity contribution in [1.29, 1.82) is 5.41 Å². The van der Waals surface area contributed by atoms with Crippen molar-refractivity contribution in [3.05, 3.63) is 18.0 Å². The third kappa shape index (κ3) is 3.82. The highest BCUT2D eigenvalue weighted by atomic mass is 32.2. The summed E-state index contributed by atoms with van der Waals surface area (Å²) in [6, 6.07) is 1.54. The molecule has 82 valence electrons. The Hall–Kier alpha value is -1.18. The maximum Gasteiger partial charge on any atom is 0.188 e. The Morgan fingerprint density at radius 2 is 2.40 bits per heavy atom. The molecule has 6 nitrogen and oxygen atoms in total. The van der Waals surface area contributed by atoms with E-state index in [2.05, 4.69) is 9.97 Å². The fourth-order valence-corrected chi connectivity index (χ4v) is 1.53. The number of nitrogens with zero attached hydrogens (tertiary/aromatic N) is 2. The Kier molecular flexibility index (Phi) is 4.47. The monoisotopic (exact) mass is 228 g/mol. The van der Waals surface area contributed by atoms with Crippen molar-refractivity contribution in [3.8, 4) is 0 Å². The van der Waals surface area contributed by atoms with Crippen LogP contribution in [0.1, 0.15) is 5.69 Å². The fourth-order valence-electron chi connectivity index (χ4n) is 0.784. The molecule has 0 amide bonds. The molecule has 5 N–H and O–H groups in total. The number of amidine groups is 1. The van der Waals surface area contributed by atoms with Gasteiger partial charge < -0.3 is 15.9 Å². The second-order valence-corrected chi connectivity index (χ2v) is 3.77. The van der Waals surface area contributed by atoms with Gasteiger partial charge >= 0.3 is 0 Å². The highest BCUT2D eigenvalue weighted by Gasteiger charge is 2.06. The number of aromatic nitrogens is 2. The zero-order valence-electron chi connectivity index (χ0n) is 7.92. The number of thioether (sulfide) groups is 1. The molecule has 0 fully saturated rings. The number of aliphatic hydroxyl groups is 2. The predicted molar refractivity (Wildman–Crippen MR) is 56.9 cm³/mol. The summed E-state index contributed by atoms with van der Waals surface area (Å²) in [5, 5.41) is 25.3. The standard InChI is InChI=1S/C8H12N4O2S/c9-7(10)6-1-2-11-8(12-6)15-4-5(14)3-13/h1-2,5,13-14H,3-4H2,(H3,9,10). The summed E-state index contributed by atoms with van der Waals surface area (Å²) in [4.78, 5) is 7.92. The predicted octanol–water partition coefficient (Wildman–Crippen LogP) is -0.794. The van der Waals surface area contributed by atoms with Crippen LogP contribution in [-0.4, -0.2) is 44.5 Å². The van der Waals surface area contributed by atoms with Gasteiger partial charge in [0.2, 0.25) is 0 Å². The van der Waals surface area contributed by atoms with Gasteiger partial charge in [0.15, 0.2) is 5.16 Å². The summed E-state index contributed by atoms with van der Waals surface area (Å²) < 4.78 is 0. The number of aliphatic hydroxyl groups excluding tert-OH is 2. The number of hydrogen-bond donors (Lipinski definition) is 4. The van der Waals surface area contributed by atoms with Crippen LogP contribution in [0.5, 0.6) is 0 Å². The van der Waals surface area contributed by atoms with Gasteiger partial charge in [-0.15, -0.1) is 0 Å². The number of nitrogens with two attached hydrogens (primary N) is 1. The van der Waals surface area contributed by atoms with Crippen LogP contribution >= 0.6 is 11.8 Å². The van der Waals surface area contributed by atoms with Gasteiger partial charge in [-0.3, -0.25) is 5.41 Å². The van der Waals surface area contributed by atoms with Gasteiger partial charge in [-0.1, -0.05) is 11.8 Å². The second kappa shape index (κ2) is 5.64. The van der Waals surface area contributed by atoms with Crippen LogP contribution < -0.4 is 5.73 Å². The van der Waals surface area contributed by atoms with Crippen LogP contribution in [0.25, 0.3) is 0 Å². The lowest BCUT2D eigenvalue weighted by atomic mass is 10.4. The number of nitrogen functional groups attached to an aromatic ring is 1. The summed E-state index contributed by atoms with van der Waals surface area (Å²) in [6.45, 7) is -0.292. The number of rotatable bonds is 5. The molecule has 1 atom stereocenters. The minimum atomic E-state index is -0.792. The zero-order chi connectivity index (χ0) is 11.3. The maximum atomic E-state index is 9.10. The largest absolute Gasteiger partial charge is 0.394 e. The van der Waals surface area contributed by atoms with Crippen LogP contribution in [0.3, 0.4) is 0 Å². The summed E-state index contributed by atoms with van der Waals surface area (Å²) in [6.07, 6.45) is 0.705. The van der Waals surface area contributed by atoms with Gasteiger partial charge in [0.1, 0.15) is 11.5 Å². The van der Waals surface area contributed by atoms with Crippen molar-refractivity contribution < 1.29 is 10.2 Å². The molecule has 1 aromatic heterocycles. The highest BCUT2D eigenvalue weighted by Crippen LogP contribution is 2.13. The minimum Gasteiger partial charge on any atom is -0.394 e. The van der Waals surface area contributed by atoms with Crippen molar-refractivity contribution in [2.24, 2.45) is 5.73 Å². The molecule has 1 aromatic rings. The van der Waals surface area contributed by atoms with Crippen molar-refractivity contribution >= 4 is 17.6 Å². The van der Waals surface area contributed by atoms with E-state index in [0.717, 1.165) is 0 Å². The van der Waals surface area contributed by atoms with Crippen LogP contribution in [0.4, 0.5) is 0 Å². The van der Waals surface area contributed by atoms with Gasteiger partial charge in [-0.2, -0.15) is 0 Å². The number of hydrogen-bond acceptors (Lipinski definition) is 6. The van der Waals surface area contributed by atoms with Gasteiger partial charge in [-0.05, 0) is 6.07 Å². The normalized spacial score (nSPS) is 12.4. The SMILES string of the molecule is N=C(N)c1ccnc(SCC(O)CO)n1.